The Labute approximate surface area is 713 Å². The average Bonchev–Trinajstić information content (AvgIpc) is 0.796. The van der Waals surface area contributed by atoms with Crippen molar-refractivity contribution in [1.82, 2.24) is 37.2 Å². The Morgan fingerprint density at radius 2 is 0.541 bits per heavy atom. The first-order chi connectivity index (χ1) is 57.9. The molecule has 3 rings (SSSR count). The molecule has 0 aromatic carbocycles. The molecule has 0 aliphatic carbocycles. The summed E-state index contributed by atoms with van der Waals surface area (Å²) in [6.07, 6.45) is -2.71. The molecule has 40 nitrogen and oxygen atoms in total. The molecule has 122 heavy (non-hydrogen) atoms. The molecule has 15 atom stereocenters. The van der Waals surface area contributed by atoms with Gasteiger partial charge in [0.2, 0.25) is 41.4 Å². The van der Waals surface area contributed by atoms with E-state index in [1.807, 2.05) is 0 Å². The fraction of sp³-hybridized carbons (Fsp3) is 0.793. The van der Waals surface area contributed by atoms with Crippen LogP contribution in [0.15, 0.2) is 0 Å². The molecular formula is C82H133N7O33. The van der Waals surface area contributed by atoms with Crippen LogP contribution in [0.3, 0.4) is 0 Å². The third-order valence-electron chi connectivity index (χ3n) is 19.8. The summed E-state index contributed by atoms with van der Waals surface area (Å²) in [5.74, 6) is -9.87. The third-order valence-corrected chi connectivity index (χ3v) is 19.8. The minimum Gasteiger partial charge on any atom is -0.469 e. The molecule has 40 heteroatoms. The lowest BCUT2D eigenvalue weighted by molar-refractivity contribution is -0.277. The maximum Gasteiger partial charge on any atom is 0.305 e. The molecule has 7 N–H and O–H groups in total. The Balaban J connectivity index is 1.86. The van der Waals surface area contributed by atoms with E-state index < -0.39 is 189 Å². The quantitative estimate of drug-likeness (QED) is 0.0259. The van der Waals surface area contributed by atoms with Crippen molar-refractivity contribution in [2.24, 2.45) is 5.41 Å². The van der Waals surface area contributed by atoms with Crippen LogP contribution in [0.5, 0.6) is 0 Å². The van der Waals surface area contributed by atoms with Crippen LogP contribution in [0.2, 0.25) is 0 Å². The highest BCUT2D eigenvalue weighted by Crippen LogP contribution is 2.36. The molecule has 0 aromatic heterocycles. The first-order valence-electron chi connectivity index (χ1n) is 42.1. The van der Waals surface area contributed by atoms with Crippen LogP contribution in [0.4, 0.5) is 0 Å². The lowest BCUT2D eigenvalue weighted by Crippen LogP contribution is -2.66. The number of unbranched alkanes of at least 4 members (excludes halogenated alkanes) is 14. The van der Waals surface area contributed by atoms with Gasteiger partial charge in [-0.1, -0.05) is 44.9 Å². The van der Waals surface area contributed by atoms with Crippen LogP contribution in [-0.2, 0) is 157 Å². The second-order valence-corrected chi connectivity index (χ2v) is 30.5. The second-order valence-electron chi connectivity index (χ2n) is 30.5. The van der Waals surface area contributed by atoms with Crippen molar-refractivity contribution in [2.75, 3.05) is 72.9 Å². The number of methoxy groups -OCH3 is 1. The van der Waals surface area contributed by atoms with Crippen LogP contribution < -0.4 is 37.2 Å². The molecule has 694 valence electrons. The van der Waals surface area contributed by atoms with Gasteiger partial charge < -0.3 is 113 Å². The fourth-order valence-electron chi connectivity index (χ4n) is 14.1. The highest BCUT2D eigenvalue weighted by molar-refractivity contribution is 5.79. The van der Waals surface area contributed by atoms with E-state index in [0.29, 0.717) is 70.6 Å². The van der Waals surface area contributed by atoms with Gasteiger partial charge in [-0.15, -0.1) is 0 Å². The summed E-state index contributed by atoms with van der Waals surface area (Å²) in [6.45, 7) is 13.3. The van der Waals surface area contributed by atoms with E-state index in [9.17, 15) is 81.5 Å². The lowest BCUT2D eigenvalue weighted by atomic mass is 9.74. The third kappa shape index (κ3) is 45.2. The standard InChI is InChI=1S/C82H133N7O33/c1-50(90)87-70-76(117-59(10)99)73(114-56(7)96)62(46-111-53(4)93)120-79(70)108-43-29-21-26-40-83-66(103)34-37-82(49-86-65(102)32-24-19-17-15-14-16-18-20-25-33-69(106)107-13,38-35-67(104)84-41-27-22-30-44-109-80-71(88-51(2)91)77(118-60(11)100)74(115-57(8)97)63(121-80)47-112-54(5)94)39-36-68(105)85-42-28-23-31-45-110-81-72(89-52(3)92)78(119-61(12)101)75(116-58(9)98)64(122-81)48-113-55(6)95/h62-64,70-81H,14-49H2,1-13H3,(H,83,103)(H,84,104)(H,85,105)(H,86,102)(H,87,90)(H,88,91)(H,89,92)/t62?,63?,64?,70?,71?,72?,73-,74-,75-,76+,77+,78+,79+,80+,81+,82?/m0/s1. The number of amides is 7. The SMILES string of the molecule is COC(=O)CCCCCCCCCCCC(=O)NCC(CCC(=O)NCCCCCO[C@@H]1OC(COC(C)=O)[C@H](OC(C)=O)[C@H](OC(C)=O)C1NC(C)=O)(CCC(=O)NCCCCCO[C@@H]1OC(COC(C)=O)[C@H](OC(C)=O)[C@H](OC(C)=O)C1NC(C)=O)CCC(=O)NCCCCCO[C@@H]1OC(COC(C)=O)[C@H](OC(C)=O)[C@H](OC(C)=O)C1NC(C)=O. The monoisotopic (exact) mass is 1740 g/mol. The van der Waals surface area contributed by atoms with Gasteiger partial charge in [-0.2, -0.15) is 0 Å². The van der Waals surface area contributed by atoms with Crippen molar-refractivity contribution in [3.8, 4) is 0 Å². The Morgan fingerprint density at radius 1 is 0.287 bits per heavy atom. The van der Waals surface area contributed by atoms with Crippen molar-refractivity contribution in [1.29, 1.82) is 0 Å². The highest BCUT2D eigenvalue weighted by Gasteiger charge is 2.54. The molecule has 0 saturated carbocycles. The zero-order valence-corrected chi connectivity index (χ0v) is 73.1. The number of rotatable bonds is 59. The minimum absolute atomic E-state index is 0.00620. The van der Waals surface area contributed by atoms with Crippen LogP contribution in [0, 0.1) is 5.41 Å². The molecule has 0 radical (unpaired) electrons. The van der Waals surface area contributed by atoms with Crippen molar-refractivity contribution in [2.45, 2.75) is 342 Å². The first kappa shape index (κ1) is 107. The topological polar surface area (TPSA) is 522 Å². The van der Waals surface area contributed by atoms with E-state index in [1.54, 1.807) is 0 Å². The van der Waals surface area contributed by atoms with E-state index in [1.165, 1.54) is 27.9 Å². The van der Waals surface area contributed by atoms with Gasteiger partial charge in [0.15, 0.2) is 55.5 Å². The van der Waals surface area contributed by atoms with Crippen molar-refractivity contribution >= 4 is 101 Å². The zero-order chi connectivity index (χ0) is 90.7. The van der Waals surface area contributed by atoms with Gasteiger partial charge in [0.05, 0.1) is 7.11 Å². The molecule has 7 amide bonds. The number of hydrogen-bond acceptors (Lipinski definition) is 33. The van der Waals surface area contributed by atoms with E-state index >= 15 is 0 Å². The van der Waals surface area contributed by atoms with Crippen LogP contribution >= 0.6 is 0 Å². The van der Waals surface area contributed by atoms with Crippen molar-refractivity contribution < 1.29 is 157 Å². The predicted molar refractivity (Wildman–Crippen MR) is 426 cm³/mol. The molecule has 3 aliphatic heterocycles. The summed E-state index contributed by atoms with van der Waals surface area (Å²) >= 11 is 0. The summed E-state index contributed by atoms with van der Waals surface area (Å²) in [7, 11) is 1.37. The molecule has 0 aromatic rings. The van der Waals surface area contributed by atoms with E-state index in [4.69, 9.17) is 75.8 Å². The van der Waals surface area contributed by atoms with E-state index in [2.05, 4.69) is 37.2 Å². The molecule has 3 heterocycles. The molecule has 0 spiro atoms. The molecule has 0 bridgehead atoms. The number of nitrogens with one attached hydrogen (secondary N) is 7. The Bertz CT molecular complexity index is 3050. The maximum atomic E-state index is 14.0. The number of ether oxygens (including phenoxy) is 16. The van der Waals surface area contributed by atoms with Gasteiger partial charge in [-0.3, -0.25) is 81.5 Å². The van der Waals surface area contributed by atoms with Gasteiger partial charge in [-0.05, 0) is 95.3 Å². The maximum absolute atomic E-state index is 14.0. The van der Waals surface area contributed by atoms with Crippen LogP contribution in [0.25, 0.3) is 0 Å². The largest absolute Gasteiger partial charge is 0.469 e. The van der Waals surface area contributed by atoms with E-state index in [-0.39, 0.29) is 121 Å². The van der Waals surface area contributed by atoms with Crippen molar-refractivity contribution in [3.63, 3.8) is 0 Å². The summed E-state index contributed by atoms with van der Waals surface area (Å²) in [5, 5.41) is 19.9. The second kappa shape index (κ2) is 59.5. The summed E-state index contributed by atoms with van der Waals surface area (Å²) in [4.78, 5) is 214. The zero-order valence-electron chi connectivity index (χ0n) is 73.1. The van der Waals surface area contributed by atoms with Gasteiger partial charge >= 0.3 is 59.7 Å². The Kier molecular flexibility index (Phi) is 52.2. The van der Waals surface area contributed by atoms with Gasteiger partial charge in [0.25, 0.3) is 0 Å². The van der Waals surface area contributed by atoms with Crippen molar-refractivity contribution in [3.05, 3.63) is 0 Å². The number of carbonyl (C=O) groups excluding carboxylic acids is 17. The normalized spacial score (nSPS) is 22.7. The summed E-state index contributed by atoms with van der Waals surface area (Å²) < 4.78 is 90.1. The van der Waals surface area contributed by atoms with Gasteiger partial charge in [0, 0.05) is 161 Å². The van der Waals surface area contributed by atoms with Gasteiger partial charge in [-0.25, -0.2) is 0 Å². The molecule has 3 aliphatic rings. The Hall–Kier alpha value is -9.25. The van der Waals surface area contributed by atoms with E-state index in [0.717, 1.165) is 114 Å². The molecule has 3 fully saturated rings. The molecule has 6 unspecified atom stereocenters. The average molecular weight is 1740 g/mol. The lowest BCUT2D eigenvalue weighted by Gasteiger charge is -2.44. The number of hydrogen-bond donors (Lipinski definition) is 7. The summed E-state index contributed by atoms with van der Waals surface area (Å²) in [6, 6.07) is -3.53. The predicted octanol–water partition coefficient (Wildman–Crippen LogP) is 3.77. The fourth-order valence-corrected chi connectivity index (χ4v) is 14.1. The molecular weight excluding hydrogens is 1610 g/mol. The van der Waals surface area contributed by atoms with Crippen LogP contribution in [0.1, 0.15) is 250 Å². The Morgan fingerprint density at radius 3 is 0.803 bits per heavy atom. The number of esters is 10. The highest BCUT2D eigenvalue weighted by atomic mass is 16.7. The minimum atomic E-state index is -1.32. The number of carbonyl (C=O) groups is 17. The molecule has 3 saturated heterocycles. The van der Waals surface area contributed by atoms with Crippen LogP contribution in [-0.4, -0.2) is 266 Å². The van der Waals surface area contributed by atoms with Gasteiger partial charge in [0.1, 0.15) is 56.3 Å². The first-order valence-corrected chi connectivity index (χ1v) is 42.1. The summed E-state index contributed by atoms with van der Waals surface area (Å²) in [5.41, 5.74) is -1.02. The smallest absolute Gasteiger partial charge is 0.305 e.